The van der Waals surface area contributed by atoms with Gasteiger partial charge in [-0.25, -0.2) is 0 Å². The molecule has 2 aliphatic rings. The van der Waals surface area contributed by atoms with Crippen LogP contribution in [-0.4, -0.2) is 27.9 Å². The monoisotopic (exact) mass is 688 g/mol. The number of anilines is 2. The number of aryl methyl sites for hydroxylation is 6. The van der Waals surface area contributed by atoms with Crippen LogP contribution in [0, 0.1) is 58.3 Å². The number of non-ortho nitro benzene ring substituents is 1. The van der Waals surface area contributed by atoms with Gasteiger partial charge in [0.25, 0.3) is 6.67 Å². The number of hydrogen-bond donors (Lipinski definition) is 0. The Kier molecular flexibility index (Phi) is 9.31. The molecule has 2 heterocycles. The van der Waals surface area contributed by atoms with E-state index in [2.05, 4.69) is 96.1 Å². The topological polar surface area (TPSA) is 49.6 Å². The Balaban J connectivity index is 0.000000194. The first-order chi connectivity index (χ1) is 18.7. The number of fused-ring (bicyclic) bond motifs is 1. The van der Waals surface area contributed by atoms with E-state index in [-0.39, 0.29) is 14.1 Å². The van der Waals surface area contributed by atoms with Crippen LogP contribution >= 0.6 is 27.8 Å². The second kappa shape index (κ2) is 12.1. The van der Waals surface area contributed by atoms with E-state index in [1.807, 2.05) is 4.61 Å². The standard InChI is InChI=1S/C21H27N2.C10H11NO2S.2ClH.Ru/c1-14-9-16(3)20(17(4)10-14)22-7-8-23(13-22)21-18(5)11-15(2)12-19(21)6;1-7(2)14-10-5-4-9(11(12)13)6-8(10)3;;;/h9-13H,7-8H2,1-6H3;3-7H,1-2H3;2*1H;/q+1;;;;+2/p-2. The fourth-order valence-electron chi connectivity index (χ4n) is 5.74. The Bertz CT molecular complexity index is 1510. The summed E-state index contributed by atoms with van der Waals surface area (Å²) in [6.45, 7) is 21.8. The van der Waals surface area contributed by atoms with Crippen molar-refractivity contribution >= 4 is 49.4 Å². The minimum Gasteiger partial charge on any atom is -0.188 e. The zero-order chi connectivity index (χ0) is 29.5. The van der Waals surface area contributed by atoms with Gasteiger partial charge in [0.2, 0.25) is 0 Å². The molecular formula is C31H38Cl2N3O2RuS+. The fourth-order valence-corrected chi connectivity index (χ4v) is 23.2. The van der Waals surface area contributed by atoms with Crippen molar-refractivity contribution in [1.29, 1.82) is 0 Å². The molecule has 0 N–H and O–H groups in total. The maximum atomic E-state index is 10.7. The van der Waals surface area contributed by atoms with Crippen molar-refractivity contribution in [2.75, 3.05) is 22.9 Å². The average molecular weight is 689 g/mol. The third-order valence-corrected chi connectivity index (χ3v) is 22.3. The van der Waals surface area contributed by atoms with Crippen molar-refractivity contribution in [2.45, 2.75) is 65.5 Å². The Morgan fingerprint density at radius 1 is 0.850 bits per heavy atom. The zero-order valence-electron chi connectivity index (χ0n) is 24.4. The summed E-state index contributed by atoms with van der Waals surface area (Å²) in [7, 11) is 9.92. The molecule has 3 aromatic rings. The van der Waals surface area contributed by atoms with E-state index < -0.39 is 15.5 Å². The molecule has 1 unspecified atom stereocenters. The van der Waals surface area contributed by atoms with Crippen LogP contribution < -0.4 is 9.80 Å². The predicted molar refractivity (Wildman–Crippen MR) is 171 cm³/mol. The van der Waals surface area contributed by atoms with E-state index in [9.17, 15) is 10.1 Å². The quantitative estimate of drug-likeness (QED) is 0.119. The fraction of sp³-hybridized carbons (Fsp3) is 0.355. The van der Waals surface area contributed by atoms with Gasteiger partial charge in [-0.05, 0) is 63.8 Å². The number of hydrogen-bond acceptors (Lipinski definition) is 4. The van der Waals surface area contributed by atoms with Gasteiger partial charge >= 0.3 is 111 Å². The molecule has 0 saturated carbocycles. The number of rotatable bonds is 4. The molecule has 216 valence electrons. The van der Waals surface area contributed by atoms with Gasteiger partial charge in [-0.2, -0.15) is 9.80 Å². The molecule has 0 spiro atoms. The van der Waals surface area contributed by atoms with Gasteiger partial charge < -0.3 is 0 Å². The molecule has 0 amide bonds. The Hall–Kier alpha value is -2.05. The number of halogens is 2. The molecule has 1 fully saturated rings. The summed E-state index contributed by atoms with van der Waals surface area (Å²) in [6, 6.07) is 14.0. The third kappa shape index (κ3) is 6.38. The van der Waals surface area contributed by atoms with Gasteiger partial charge in [-0.3, -0.25) is 0 Å². The number of nitrogens with zero attached hydrogens (tertiary/aromatic N) is 3. The van der Waals surface area contributed by atoms with Gasteiger partial charge in [0, 0.05) is 0 Å². The van der Waals surface area contributed by atoms with E-state index >= 15 is 0 Å². The molecule has 1 atom stereocenters. The van der Waals surface area contributed by atoms with E-state index in [0.29, 0.717) is 5.25 Å². The van der Waals surface area contributed by atoms with Gasteiger partial charge in [-0.15, -0.1) is 0 Å². The van der Waals surface area contributed by atoms with Crippen LogP contribution in [0.15, 0.2) is 47.4 Å². The molecule has 40 heavy (non-hydrogen) atoms. The second-order valence-electron chi connectivity index (χ2n) is 10.8. The van der Waals surface area contributed by atoms with Crippen molar-refractivity contribution < 1.29 is 15.5 Å². The van der Waals surface area contributed by atoms with Crippen molar-refractivity contribution in [3.05, 3.63) is 98.2 Å². The van der Waals surface area contributed by atoms with Crippen molar-refractivity contribution in [3.63, 3.8) is 0 Å². The Morgan fingerprint density at radius 2 is 1.30 bits per heavy atom. The van der Waals surface area contributed by atoms with Gasteiger partial charge in [0.1, 0.15) is 0 Å². The van der Waals surface area contributed by atoms with Crippen LogP contribution in [0.4, 0.5) is 17.1 Å². The zero-order valence-corrected chi connectivity index (χ0v) is 28.4. The predicted octanol–water partition coefficient (Wildman–Crippen LogP) is 9.15. The van der Waals surface area contributed by atoms with Crippen LogP contribution in [0.1, 0.15) is 52.8 Å². The van der Waals surface area contributed by atoms with Gasteiger partial charge in [0.05, 0.1) is 24.5 Å². The molecule has 0 radical (unpaired) electrons. The first-order valence-corrected chi connectivity index (χ1v) is 22.0. The molecule has 0 bridgehead atoms. The number of benzene rings is 3. The molecule has 5 rings (SSSR count). The van der Waals surface area contributed by atoms with Crippen LogP contribution in [0.5, 0.6) is 0 Å². The molecule has 9 heteroatoms. The summed E-state index contributed by atoms with van der Waals surface area (Å²) in [5, 5.41) is 11.1. The Morgan fingerprint density at radius 3 is 1.70 bits per heavy atom. The number of nitro benzene ring substituents is 1. The van der Waals surface area contributed by atoms with Crippen LogP contribution in [-0.2, 0) is 10.6 Å². The first-order valence-electron chi connectivity index (χ1n) is 13.2. The molecule has 0 aromatic heterocycles. The summed E-state index contributed by atoms with van der Waals surface area (Å²) in [6.07, 6.45) is 0. The maximum Gasteiger partial charge on any atom is 0.295 e. The molecular weight excluding hydrogens is 650 g/mol. The molecule has 2 aliphatic heterocycles. The summed E-state index contributed by atoms with van der Waals surface area (Å²) in [5.41, 5.74) is 11.8. The average Bonchev–Trinajstić information content (AvgIpc) is 3.38. The van der Waals surface area contributed by atoms with Crippen molar-refractivity contribution in [3.8, 4) is 0 Å². The van der Waals surface area contributed by atoms with E-state index in [0.717, 1.165) is 23.5 Å². The van der Waals surface area contributed by atoms with E-state index in [1.54, 1.807) is 12.1 Å². The SMILES string of the molecule is CC(C)[S]1=[Ru]([Cl])([Cl])=[CH]c2cc([N+](=O)[O-])ccc21.Cc1cc(C)c(N2[CH+]N(c3c(C)cc(C)cc3C)CC2)c(C)c1. The largest absolute Gasteiger partial charge is 0.295 e. The molecule has 0 aliphatic carbocycles. The van der Waals surface area contributed by atoms with Crippen LogP contribution in [0.25, 0.3) is 0 Å². The summed E-state index contributed by atoms with van der Waals surface area (Å²) >= 11 is 0. The van der Waals surface area contributed by atoms with Crippen molar-refractivity contribution in [2.24, 2.45) is 0 Å². The van der Waals surface area contributed by atoms with E-state index in [4.69, 9.17) is 19.4 Å². The van der Waals surface area contributed by atoms with Gasteiger partial charge in [0.15, 0.2) is 0 Å². The van der Waals surface area contributed by atoms with Crippen LogP contribution in [0.3, 0.4) is 0 Å². The van der Waals surface area contributed by atoms with E-state index in [1.165, 1.54) is 50.8 Å². The summed E-state index contributed by atoms with van der Waals surface area (Å²) in [4.78, 5) is 16.2. The summed E-state index contributed by atoms with van der Waals surface area (Å²) < 4.78 is 1.88. The van der Waals surface area contributed by atoms with Crippen molar-refractivity contribution in [1.82, 2.24) is 0 Å². The third-order valence-electron chi connectivity index (χ3n) is 6.95. The molecule has 1 saturated heterocycles. The maximum absolute atomic E-state index is 10.7. The smallest absolute Gasteiger partial charge is 0.188 e. The molecule has 5 nitrogen and oxygen atoms in total. The first kappa shape index (κ1) is 30.9. The normalized spacial score (nSPS) is 18.0. The van der Waals surface area contributed by atoms with Crippen LogP contribution in [0.2, 0.25) is 0 Å². The Labute approximate surface area is 250 Å². The summed E-state index contributed by atoms with van der Waals surface area (Å²) in [5.74, 6) is 0. The minimum atomic E-state index is -2.81. The minimum absolute atomic E-state index is 0.0951. The van der Waals surface area contributed by atoms with Gasteiger partial charge in [-0.1, -0.05) is 35.4 Å². The number of nitro groups is 1. The second-order valence-corrected chi connectivity index (χ2v) is 27.8. The molecule has 3 aromatic carbocycles.